The molecule has 4 nitrogen and oxygen atoms in total. The first kappa shape index (κ1) is 13.2. The van der Waals surface area contributed by atoms with Gasteiger partial charge in [0.1, 0.15) is 5.52 Å². The minimum Gasteiger partial charge on any atom is -0.478 e. The number of carbonyl (C=O) groups is 1. The topological polar surface area (TPSA) is 55.1 Å². The fraction of sp³-hybridized carbons (Fsp3) is 0.500. The minimum atomic E-state index is -0.912. The predicted molar refractivity (Wildman–Crippen MR) is 78.0 cm³/mol. The predicted octanol–water partition coefficient (Wildman–Crippen LogP) is 3.88. The lowest BCUT2D eigenvalue weighted by atomic mass is 9.75. The second kappa shape index (κ2) is 4.62. The Bertz CT molecular complexity index is 658. The Morgan fingerprint density at radius 1 is 1.45 bits per heavy atom. The number of aromatic carboxylic acids is 1. The molecule has 0 bridgehead atoms. The van der Waals surface area contributed by atoms with Crippen LogP contribution in [0, 0.1) is 5.41 Å². The molecule has 1 heterocycles. The van der Waals surface area contributed by atoms with Crippen LogP contribution in [0.2, 0.25) is 0 Å². The number of hydrogen-bond donors (Lipinski definition) is 1. The average Bonchev–Trinajstić information content (AvgIpc) is 2.80. The van der Waals surface area contributed by atoms with Gasteiger partial charge in [-0.25, -0.2) is 9.78 Å². The summed E-state index contributed by atoms with van der Waals surface area (Å²) in [6.45, 7) is 4.61. The van der Waals surface area contributed by atoms with E-state index in [1.54, 1.807) is 12.1 Å². The zero-order chi connectivity index (χ0) is 14.3. The first-order valence-corrected chi connectivity index (χ1v) is 7.17. The Kier molecular flexibility index (Phi) is 3.04. The molecule has 3 rings (SSSR count). The molecule has 1 saturated carbocycles. The maximum absolute atomic E-state index is 11.3. The third kappa shape index (κ3) is 2.19. The quantitative estimate of drug-likeness (QED) is 0.902. The lowest BCUT2D eigenvalue weighted by molar-refractivity contribution is 0.0699. The van der Waals surface area contributed by atoms with Crippen LogP contribution in [-0.2, 0) is 0 Å². The van der Waals surface area contributed by atoms with Crippen molar-refractivity contribution in [2.75, 3.05) is 0 Å². The van der Waals surface area contributed by atoms with Gasteiger partial charge < -0.3 is 9.67 Å². The van der Waals surface area contributed by atoms with Crippen LogP contribution in [0.5, 0.6) is 0 Å². The largest absolute Gasteiger partial charge is 0.478 e. The van der Waals surface area contributed by atoms with Crippen molar-refractivity contribution >= 4 is 17.0 Å². The van der Waals surface area contributed by atoms with Gasteiger partial charge in [-0.3, -0.25) is 0 Å². The van der Waals surface area contributed by atoms with Crippen molar-refractivity contribution in [3.8, 4) is 0 Å². The van der Waals surface area contributed by atoms with Crippen molar-refractivity contribution in [2.45, 2.75) is 45.6 Å². The fourth-order valence-corrected chi connectivity index (χ4v) is 3.42. The van der Waals surface area contributed by atoms with Gasteiger partial charge in [-0.15, -0.1) is 0 Å². The van der Waals surface area contributed by atoms with Gasteiger partial charge in [-0.05, 0) is 36.8 Å². The van der Waals surface area contributed by atoms with Gasteiger partial charge in [-0.2, -0.15) is 0 Å². The van der Waals surface area contributed by atoms with Crippen LogP contribution in [-0.4, -0.2) is 20.6 Å². The van der Waals surface area contributed by atoms with Crippen molar-refractivity contribution < 1.29 is 9.90 Å². The summed E-state index contributed by atoms with van der Waals surface area (Å²) in [5, 5.41) is 9.24. The molecule has 20 heavy (non-hydrogen) atoms. The molecule has 106 valence electrons. The number of fused-ring (bicyclic) bond motifs is 1. The highest BCUT2D eigenvalue weighted by atomic mass is 16.4. The smallest absolute Gasteiger partial charge is 0.337 e. The van der Waals surface area contributed by atoms with Crippen LogP contribution in [0.15, 0.2) is 24.5 Å². The number of carboxylic acid groups (broad SMARTS) is 1. The number of nitrogens with zero attached hydrogens (tertiary/aromatic N) is 2. The van der Waals surface area contributed by atoms with Gasteiger partial charge in [-0.1, -0.05) is 26.3 Å². The second-order valence-electron chi connectivity index (χ2n) is 6.54. The van der Waals surface area contributed by atoms with E-state index in [1.807, 2.05) is 12.4 Å². The molecule has 0 saturated heterocycles. The monoisotopic (exact) mass is 272 g/mol. The molecule has 1 aliphatic carbocycles. The zero-order valence-electron chi connectivity index (χ0n) is 12.0. The van der Waals surface area contributed by atoms with E-state index >= 15 is 0 Å². The highest BCUT2D eigenvalue weighted by Crippen LogP contribution is 2.41. The summed E-state index contributed by atoms with van der Waals surface area (Å²) in [5.41, 5.74) is 2.18. The molecule has 0 amide bonds. The SMILES string of the molecule is CC1(C)CCCC(n2cnc3c(C(=O)O)cccc32)C1. The molecule has 1 atom stereocenters. The molecule has 1 aromatic heterocycles. The molecule has 1 unspecified atom stereocenters. The Morgan fingerprint density at radius 2 is 2.25 bits per heavy atom. The second-order valence-corrected chi connectivity index (χ2v) is 6.54. The highest BCUT2D eigenvalue weighted by Gasteiger charge is 2.29. The van der Waals surface area contributed by atoms with Crippen LogP contribution >= 0.6 is 0 Å². The van der Waals surface area contributed by atoms with E-state index < -0.39 is 5.97 Å². The van der Waals surface area contributed by atoms with Crippen LogP contribution in [0.1, 0.15) is 55.9 Å². The molecule has 2 aromatic rings. The molecule has 1 aromatic carbocycles. The van der Waals surface area contributed by atoms with Crippen LogP contribution in [0.25, 0.3) is 11.0 Å². The Morgan fingerprint density at radius 3 is 2.95 bits per heavy atom. The normalized spacial score (nSPS) is 22.0. The summed E-state index contributed by atoms with van der Waals surface area (Å²) in [7, 11) is 0. The fourth-order valence-electron chi connectivity index (χ4n) is 3.42. The third-order valence-electron chi connectivity index (χ3n) is 4.41. The van der Waals surface area contributed by atoms with Gasteiger partial charge in [0.25, 0.3) is 0 Å². The van der Waals surface area contributed by atoms with Crippen LogP contribution in [0.3, 0.4) is 0 Å². The van der Waals surface area contributed by atoms with E-state index in [-0.39, 0.29) is 5.56 Å². The van der Waals surface area contributed by atoms with E-state index in [1.165, 1.54) is 12.8 Å². The van der Waals surface area contributed by atoms with Gasteiger partial charge >= 0.3 is 5.97 Å². The summed E-state index contributed by atoms with van der Waals surface area (Å²) in [6, 6.07) is 5.81. The van der Waals surface area contributed by atoms with Gasteiger partial charge in [0, 0.05) is 6.04 Å². The number of imidazole rings is 1. The number of carboxylic acids is 1. The van der Waals surface area contributed by atoms with E-state index in [9.17, 15) is 9.90 Å². The molecule has 4 heteroatoms. The Labute approximate surface area is 118 Å². The summed E-state index contributed by atoms with van der Waals surface area (Å²) < 4.78 is 2.17. The third-order valence-corrected chi connectivity index (χ3v) is 4.41. The first-order chi connectivity index (χ1) is 9.48. The lowest BCUT2D eigenvalue weighted by Crippen LogP contribution is -2.24. The zero-order valence-corrected chi connectivity index (χ0v) is 12.0. The Hall–Kier alpha value is -1.84. The molecular formula is C16H20N2O2. The number of hydrogen-bond acceptors (Lipinski definition) is 2. The van der Waals surface area contributed by atoms with E-state index in [0.29, 0.717) is 17.0 Å². The van der Waals surface area contributed by atoms with Crippen LogP contribution in [0.4, 0.5) is 0 Å². The average molecular weight is 272 g/mol. The minimum absolute atomic E-state index is 0.288. The maximum atomic E-state index is 11.3. The molecular weight excluding hydrogens is 252 g/mol. The van der Waals surface area contributed by atoms with Gasteiger partial charge in [0.05, 0.1) is 17.4 Å². The van der Waals surface area contributed by atoms with Crippen molar-refractivity contribution in [1.29, 1.82) is 0 Å². The number of rotatable bonds is 2. The highest BCUT2D eigenvalue weighted by molar-refractivity contribution is 6.00. The summed E-state index contributed by atoms with van der Waals surface area (Å²) in [4.78, 5) is 15.6. The molecule has 1 fully saturated rings. The maximum Gasteiger partial charge on any atom is 0.337 e. The molecule has 0 aliphatic heterocycles. The molecule has 1 aliphatic rings. The molecule has 0 spiro atoms. The van der Waals surface area contributed by atoms with Crippen molar-refractivity contribution in [2.24, 2.45) is 5.41 Å². The summed E-state index contributed by atoms with van der Waals surface area (Å²) in [6.07, 6.45) is 6.55. The van der Waals surface area contributed by atoms with E-state index in [0.717, 1.165) is 18.4 Å². The molecule has 1 N–H and O–H groups in total. The number of para-hydroxylation sites is 1. The van der Waals surface area contributed by atoms with E-state index in [4.69, 9.17) is 0 Å². The van der Waals surface area contributed by atoms with Gasteiger partial charge in [0.15, 0.2) is 0 Å². The standard InChI is InChI=1S/C16H20N2O2/c1-16(2)8-4-5-11(9-16)18-10-17-14-12(15(19)20)6-3-7-13(14)18/h3,6-7,10-11H,4-5,8-9H2,1-2H3,(H,19,20). The Balaban J connectivity index is 2.05. The lowest BCUT2D eigenvalue weighted by Gasteiger charge is -2.36. The van der Waals surface area contributed by atoms with Crippen molar-refractivity contribution in [3.63, 3.8) is 0 Å². The molecule has 0 radical (unpaired) electrons. The van der Waals surface area contributed by atoms with Crippen LogP contribution < -0.4 is 0 Å². The number of aromatic nitrogens is 2. The van der Waals surface area contributed by atoms with Crippen molar-refractivity contribution in [1.82, 2.24) is 9.55 Å². The first-order valence-electron chi connectivity index (χ1n) is 7.17. The van der Waals surface area contributed by atoms with E-state index in [2.05, 4.69) is 23.4 Å². The number of benzene rings is 1. The summed E-state index contributed by atoms with van der Waals surface area (Å²) in [5.74, 6) is -0.912. The van der Waals surface area contributed by atoms with Gasteiger partial charge in [0.2, 0.25) is 0 Å². The van der Waals surface area contributed by atoms with Crippen molar-refractivity contribution in [3.05, 3.63) is 30.1 Å². The summed E-state index contributed by atoms with van der Waals surface area (Å²) >= 11 is 0.